The van der Waals surface area contributed by atoms with E-state index in [0.717, 1.165) is 18.5 Å². The van der Waals surface area contributed by atoms with E-state index < -0.39 is 0 Å². The molecule has 1 rings (SSSR count). The number of aromatic nitrogens is 2. The molecule has 0 aromatic carbocycles. The van der Waals surface area contributed by atoms with Crippen molar-refractivity contribution in [3.8, 4) is 0 Å². The molecule has 0 unspecified atom stereocenters. The van der Waals surface area contributed by atoms with Gasteiger partial charge in [-0.15, -0.1) is 24.8 Å². The Kier molecular flexibility index (Phi) is 8.52. The molecule has 1 heterocycles. The number of nitrogens with one attached hydrogen (secondary N) is 1. The Bertz CT molecular complexity index is 268. The number of nitrogens with two attached hydrogens (primary N) is 2. The zero-order valence-corrected chi connectivity index (χ0v) is 9.49. The lowest BCUT2D eigenvalue weighted by Gasteiger charge is -2.03. The highest BCUT2D eigenvalue weighted by Crippen LogP contribution is 2.07. The van der Waals surface area contributed by atoms with Gasteiger partial charge in [-0.3, -0.25) is 0 Å². The first-order valence-electron chi connectivity index (χ1n) is 3.75. The monoisotopic (exact) mass is 239 g/mol. The third-order valence-corrected chi connectivity index (χ3v) is 1.56. The van der Waals surface area contributed by atoms with Gasteiger partial charge in [0.05, 0.1) is 0 Å². The summed E-state index contributed by atoms with van der Waals surface area (Å²) in [6, 6.07) is 0. The number of nitrogens with zero attached hydrogens (tertiary/aromatic N) is 2. The van der Waals surface area contributed by atoms with Gasteiger partial charge in [0.25, 0.3) is 0 Å². The largest absolute Gasteiger partial charge is 0.383 e. The molecule has 14 heavy (non-hydrogen) atoms. The summed E-state index contributed by atoms with van der Waals surface area (Å²) in [7, 11) is 1.88. The Labute approximate surface area is 95.5 Å². The van der Waals surface area contributed by atoms with Gasteiger partial charge < -0.3 is 16.8 Å². The molecule has 5 nitrogen and oxygen atoms in total. The molecule has 0 aliphatic heterocycles. The molecule has 5 N–H and O–H groups in total. The highest BCUT2D eigenvalue weighted by Gasteiger charge is 2.00. The van der Waals surface area contributed by atoms with Gasteiger partial charge in [-0.2, -0.15) is 4.98 Å². The van der Waals surface area contributed by atoms with Gasteiger partial charge in [0.15, 0.2) is 0 Å². The van der Waals surface area contributed by atoms with Gasteiger partial charge in [-0.05, 0) is 20.0 Å². The Morgan fingerprint density at radius 2 is 2.00 bits per heavy atom. The number of nitrogen functional groups attached to an aromatic ring is 2. The van der Waals surface area contributed by atoms with Crippen LogP contribution in [-0.2, 0) is 6.42 Å². The van der Waals surface area contributed by atoms with Crippen molar-refractivity contribution in [2.75, 3.05) is 25.1 Å². The first-order chi connectivity index (χ1) is 5.74. The first kappa shape index (κ1) is 15.7. The predicted octanol–water partition coefficient (Wildman–Crippen LogP) is 0.246. The minimum absolute atomic E-state index is 0. The second-order valence-electron chi connectivity index (χ2n) is 2.49. The highest BCUT2D eigenvalue weighted by molar-refractivity contribution is 5.85. The maximum absolute atomic E-state index is 5.60. The van der Waals surface area contributed by atoms with Crippen LogP contribution in [0.2, 0.25) is 0 Å². The second-order valence-corrected chi connectivity index (χ2v) is 2.49. The van der Waals surface area contributed by atoms with Gasteiger partial charge in [0.2, 0.25) is 5.95 Å². The average Bonchev–Trinajstić information content (AvgIpc) is 2.03. The Morgan fingerprint density at radius 3 is 2.50 bits per heavy atom. The number of hydrogen-bond donors (Lipinski definition) is 3. The van der Waals surface area contributed by atoms with Crippen LogP contribution in [0, 0.1) is 0 Å². The summed E-state index contributed by atoms with van der Waals surface area (Å²) >= 11 is 0. The topological polar surface area (TPSA) is 89.8 Å². The minimum atomic E-state index is 0. The van der Waals surface area contributed by atoms with Crippen LogP contribution in [-0.4, -0.2) is 23.6 Å². The molecule has 0 aliphatic carbocycles. The summed E-state index contributed by atoms with van der Waals surface area (Å²) in [4.78, 5) is 7.69. The maximum Gasteiger partial charge on any atom is 0.221 e. The third-order valence-electron chi connectivity index (χ3n) is 1.56. The minimum Gasteiger partial charge on any atom is -0.383 e. The van der Waals surface area contributed by atoms with E-state index in [-0.39, 0.29) is 30.8 Å². The van der Waals surface area contributed by atoms with Crippen LogP contribution in [0.5, 0.6) is 0 Å². The third kappa shape index (κ3) is 4.45. The van der Waals surface area contributed by atoms with E-state index in [1.54, 1.807) is 6.20 Å². The van der Waals surface area contributed by atoms with E-state index in [2.05, 4.69) is 15.3 Å². The summed E-state index contributed by atoms with van der Waals surface area (Å²) < 4.78 is 0. The van der Waals surface area contributed by atoms with E-state index in [0.29, 0.717) is 5.82 Å². The van der Waals surface area contributed by atoms with Crippen LogP contribution in [0.3, 0.4) is 0 Å². The van der Waals surface area contributed by atoms with Crippen LogP contribution < -0.4 is 16.8 Å². The van der Waals surface area contributed by atoms with Crippen molar-refractivity contribution >= 4 is 36.6 Å². The van der Waals surface area contributed by atoms with Crippen molar-refractivity contribution in [1.29, 1.82) is 0 Å². The molecule has 1 aromatic heterocycles. The molecule has 0 atom stereocenters. The molecular formula is C7H15Cl2N5. The highest BCUT2D eigenvalue weighted by atomic mass is 35.5. The zero-order chi connectivity index (χ0) is 8.97. The fourth-order valence-electron chi connectivity index (χ4n) is 0.887. The quantitative estimate of drug-likeness (QED) is 0.704. The number of halogens is 2. The number of likely N-dealkylation sites (N-methyl/N-ethyl adjacent to an activating group) is 1. The molecule has 0 spiro atoms. The van der Waals surface area contributed by atoms with Crippen molar-refractivity contribution < 1.29 is 0 Å². The van der Waals surface area contributed by atoms with Crippen molar-refractivity contribution in [2.24, 2.45) is 0 Å². The number of hydrogen-bond acceptors (Lipinski definition) is 5. The van der Waals surface area contributed by atoms with E-state index in [1.165, 1.54) is 0 Å². The van der Waals surface area contributed by atoms with Crippen LogP contribution in [0.15, 0.2) is 6.20 Å². The molecule has 0 fully saturated rings. The van der Waals surface area contributed by atoms with Gasteiger partial charge in [-0.25, -0.2) is 4.98 Å². The first-order valence-corrected chi connectivity index (χ1v) is 3.75. The Morgan fingerprint density at radius 1 is 1.36 bits per heavy atom. The van der Waals surface area contributed by atoms with Gasteiger partial charge >= 0.3 is 0 Å². The SMILES string of the molecule is CNCCc1cnc(N)nc1N.Cl.Cl. The lowest BCUT2D eigenvalue weighted by Crippen LogP contribution is -2.12. The van der Waals surface area contributed by atoms with E-state index in [4.69, 9.17) is 11.5 Å². The fraction of sp³-hybridized carbons (Fsp3) is 0.429. The maximum atomic E-state index is 5.60. The molecule has 0 amide bonds. The molecule has 82 valence electrons. The van der Waals surface area contributed by atoms with Crippen LogP contribution >= 0.6 is 24.8 Å². The van der Waals surface area contributed by atoms with Crippen LogP contribution in [0.1, 0.15) is 5.56 Å². The molecule has 0 aliphatic rings. The van der Waals surface area contributed by atoms with Gasteiger partial charge in [-0.1, -0.05) is 0 Å². The Balaban J connectivity index is 0. The van der Waals surface area contributed by atoms with E-state index >= 15 is 0 Å². The standard InChI is InChI=1S/C7H13N5.2ClH/c1-10-3-2-5-4-11-7(9)12-6(5)8;;/h4,10H,2-3H2,1H3,(H4,8,9,11,12);2*1H. The Hall–Kier alpha value is -0.780. The van der Waals surface area contributed by atoms with Crippen LogP contribution in [0.25, 0.3) is 0 Å². The molecule has 0 saturated heterocycles. The molecular weight excluding hydrogens is 225 g/mol. The summed E-state index contributed by atoms with van der Waals surface area (Å²) in [6.45, 7) is 0.859. The zero-order valence-electron chi connectivity index (χ0n) is 7.86. The summed E-state index contributed by atoms with van der Waals surface area (Å²) in [6.07, 6.45) is 2.48. The normalized spacial score (nSPS) is 8.64. The average molecular weight is 240 g/mol. The summed E-state index contributed by atoms with van der Waals surface area (Å²) in [5, 5.41) is 3.02. The molecule has 7 heteroatoms. The van der Waals surface area contributed by atoms with Gasteiger partial charge in [0, 0.05) is 11.8 Å². The second kappa shape index (κ2) is 7.61. The number of anilines is 2. The lowest BCUT2D eigenvalue weighted by molar-refractivity contribution is 0.788. The summed E-state index contributed by atoms with van der Waals surface area (Å²) in [5.41, 5.74) is 11.9. The fourth-order valence-corrected chi connectivity index (χ4v) is 0.887. The molecule has 0 saturated carbocycles. The molecule has 1 aromatic rings. The molecule has 0 bridgehead atoms. The van der Waals surface area contributed by atoms with Crippen molar-refractivity contribution in [3.05, 3.63) is 11.8 Å². The smallest absolute Gasteiger partial charge is 0.221 e. The predicted molar refractivity (Wildman–Crippen MR) is 63.0 cm³/mol. The van der Waals surface area contributed by atoms with Gasteiger partial charge in [0.1, 0.15) is 5.82 Å². The van der Waals surface area contributed by atoms with Crippen molar-refractivity contribution in [2.45, 2.75) is 6.42 Å². The molecule has 0 radical (unpaired) electrons. The van der Waals surface area contributed by atoms with Crippen molar-refractivity contribution in [3.63, 3.8) is 0 Å². The van der Waals surface area contributed by atoms with E-state index in [9.17, 15) is 0 Å². The summed E-state index contributed by atoms with van der Waals surface area (Å²) in [5.74, 6) is 0.693. The number of rotatable bonds is 3. The van der Waals surface area contributed by atoms with Crippen LogP contribution in [0.4, 0.5) is 11.8 Å². The lowest BCUT2D eigenvalue weighted by atomic mass is 10.2. The van der Waals surface area contributed by atoms with E-state index in [1.807, 2.05) is 7.05 Å². The van der Waals surface area contributed by atoms with Crippen molar-refractivity contribution in [1.82, 2.24) is 15.3 Å².